The molecule has 3 fully saturated rings. The maximum absolute atomic E-state index is 12.8. The van der Waals surface area contributed by atoms with Crippen molar-refractivity contribution in [1.82, 2.24) is 9.80 Å². The number of aliphatic carboxylic acids is 1. The molecule has 304 valence electrons. The lowest BCUT2D eigenvalue weighted by Gasteiger charge is -2.49. The Kier molecular flexibility index (Phi) is 24.3. The van der Waals surface area contributed by atoms with Crippen molar-refractivity contribution in [2.24, 2.45) is 17.8 Å². The van der Waals surface area contributed by atoms with Crippen LogP contribution in [0.25, 0.3) is 0 Å². The molecule has 1 heterocycles. The van der Waals surface area contributed by atoms with Crippen molar-refractivity contribution >= 4 is 5.97 Å². The number of carboxylic acid groups (broad SMARTS) is 1. The van der Waals surface area contributed by atoms with E-state index < -0.39 is 5.97 Å². The topological polar surface area (TPSA) is 53.0 Å². The molecule has 52 heavy (non-hydrogen) atoms. The van der Waals surface area contributed by atoms with Gasteiger partial charge in [-0.1, -0.05) is 150 Å². The third-order valence-corrected chi connectivity index (χ3v) is 13.7. The monoisotopic (exact) mass is 730 g/mol. The number of rotatable bonds is 31. The summed E-state index contributed by atoms with van der Waals surface area (Å²) in [5.74, 6) is 1.75. The van der Waals surface area contributed by atoms with E-state index in [0.29, 0.717) is 23.9 Å². The van der Waals surface area contributed by atoms with Crippen molar-refractivity contribution in [2.45, 2.75) is 245 Å². The summed E-state index contributed by atoms with van der Waals surface area (Å²) in [6.07, 6.45) is 38.6. The lowest BCUT2D eigenvalue weighted by Crippen LogP contribution is -2.56. The molecule has 0 spiro atoms. The molecule has 3 aliphatic rings. The fourth-order valence-corrected chi connectivity index (χ4v) is 10.2. The molecular weight excluding hydrogens is 641 g/mol. The maximum Gasteiger partial charge on any atom is 0.310 e. The first-order valence-corrected chi connectivity index (χ1v) is 23.6. The summed E-state index contributed by atoms with van der Waals surface area (Å²) < 4.78 is 7.21. The predicted molar refractivity (Wildman–Crippen MR) is 223 cm³/mol. The van der Waals surface area contributed by atoms with Gasteiger partial charge in [-0.3, -0.25) is 4.79 Å². The SMILES string of the molecule is CCCCCCCCCCCCCCCCCCC(C[C+]1C2CCC(N(C)CCCC)CC2OC2CC(N(CCCC)CCCC)CCC12)C(=O)O. The summed E-state index contributed by atoms with van der Waals surface area (Å²) in [6.45, 7) is 12.8. The van der Waals surface area contributed by atoms with Crippen LogP contribution in [0.5, 0.6) is 0 Å². The van der Waals surface area contributed by atoms with Gasteiger partial charge in [0.15, 0.2) is 0 Å². The number of hydrogen-bond donors (Lipinski definition) is 1. The minimum absolute atomic E-state index is 0.227. The van der Waals surface area contributed by atoms with Gasteiger partial charge in [-0.05, 0) is 90.9 Å². The molecule has 5 heteroatoms. The van der Waals surface area contributed by atoms with Crippen LogP contribution in [-0.2, 0) is 9.53 Å². The van der Waals surface area contributed by atoms with E-state index in [1.807, 2.05) is 0 Å². The normalized spacial score (nSPS) is 25.4. The van der Waals surface area contributed by atoms with Crippen LogP contribution >= 0.6 is 0 Å². The van der Waals surface area contributed by atoms with Gasteiger partial charge in [-0.25, -0.2) is 0 Å². The van der Waals surface area contributed by atoms with Crippen LogP contribution in [0.4, 0.5) is 0 Å². The minimum Gasteiger partial charge on any atom is -0.481 e. The highest BCUT2D eigenvalue weighted by atomic mass is 16.5. The fourth-order valence-electron chi connectivity index (χ4n) is 10.2. The highest BCUT2D eigenvalue weighted by Crippen LogP contribution is 2.52. The zero-order valence-corrected chi connectivity index (χ0v) is 35.5. The number of fused-ring (bicyclic) bond motifs is 2. The Morgan fingerprint density at radius 3 is 1.50 bits per heavy atom. The predicted octanol–water partition coefficient (Wildman–Crippen LogP) is 13.0. The summed E-state index contributed by atoms with van der Waals surface area (Å²) >= 11 is 0. The van der Waals surface area contributed by atoms with Crippen LogP contribution in [0.2, 0.25) is 0 Å². The Morgan fingerprint density at radius 2 is 1.02 bits per heavy atom. The van der Waals surface area contributed by atoms with Crippen molar-refractivity contribution in [3.63, 3.8) is 0 Å². The Labute approximate surface area is 324 Å². The smallest absolute Gasteiger partial charge is 0.310 e. The Balaban J connectivity index is 1.49. The lowest BCUT2D eigenvalue weighted by atomic mass is 9.61. The number of carboxylic acids is 1. The first-order valence-electron chi connectivity index (χ1n) is 23.6. The minimum atomic E-state index is -0.556. The van der Waals surface area contributed by atoms with Crippen molar-refractivity contribution < 1.29 is 14.6 Å². The van der Waals surface area contributed by atoms with Crippen LogP contribution in [0, 0.1) is 23.7 Å². The maximum atomic E-state index is 12.8. The second kappa shape index (κ2) is 27.7. The van der Waals surface area contributed by atoms with E-state index in [1.165, 1.54) is 180 Å². The fraction of sp³-hybridized carbons (Fsp3) is 0.957. The van der Waals surface area contributed by atoms with Gasteiger partial charge in [0.25, 0.3) is 0 Å². The summed E-state index contributed by atoms with van der Waals surface area (Å²) in [6, 6.07) is 1.21. The van der Waals surface area contributed by atoms with Crippen LogP contribution in [0.1, 0.15) is 220 Å². The average Bonchev–Trinajstić information content (AvgIpc) is 3.15. The lowest BCUT2D eigenvalue weighted by molar-refractivity contribution is -0.153. The van der Waals surface area contributed by atoms with Crippen molar-refractivity contribution in [1.29, 1.82) is 0 Å². The van der Waals surface area contributed by atoms with Gasteiger partial charge < -0.3 is 19.6 Å². The largest absolute Gasteiger partial charge is 0.481 e. The first kappa shape index (κ1) is 45.6. The van der Waals surface area contributed by atoms with Crippen LogP contribution in [0.15, 0.2) is 0 Å². The van der Waals surface area contributed by atoms with E-state index in [9.17, 15) is 9.90 Å². The van der Waals surface area contributed by atoms with E-state index >= 15 is 0 Å². The Bertz CT molecular complexity index is 875. The molecule has 1 aliphatic heterocycles. The number of hydrogen-bond acceptors (Lipinski definition) is 4. The molecule has 1 saturated heterocycles. The number of nitrogens with zero attached hydrogens (tertiary/aromatic N) is 2. The molecule has 7 unspecified atom stereocenters. The second-order valence-electron chi connectivity index (χ2n) is 17.8. The van der Waals surface area contributed by atoms with Crippen LogP contribution in [-0.4, -0.2) is 71.8 Å². The molecule has 0 radical (unpaired) electrons. The zero-order chi connectivity index (χ0) is 37.4. The molecule has 0 aromatic rings. The number of carbonyl (C=O) groups is 1. The quantitative estimate of drug-likeness (QED) is 0.0569. The first-order chi connectivity index (χ1) is 25.4. The molecule has 0 aromatic heterocycles. The van der Waals surface area contributed by atoms with Crippen LogP contribution in [0.3, 0.4) is 0 Å². The molecule has 2 saturated carbocycles. The summed E-state index contributed by atoms with van der Waals surface area (Å²) in [5, 5.41) is 10.5. The Morgan fingerprint density at radius 1 is 0.596 bits per heavy atom. The van der Waals surface area contributed by atoms with Gasteiger partial charge >= 0.3 is 5.97 Å². The molecule has 0 amide bonds. The average molecular weight is 730 g/mol. The molecule has 3 rings (SSSR count). The van der Waals surface area contributed by atoms with Gasteiger partial charge in [-0.2, -0.15) is 0 Å². The molecule has 0 aromatic carbocycles. The van der Waals surface area contributed by atoms with Gasteiger partial charge in [0.05, 0.1) is 5.92 Å². The zero-order valence-electron chi connectivity index (χ0n) is 35.5. The molecule has 0 bridgehead atoms. The molecule has 2 aliphatic carbocycles. The van der Waals surface area contributed by atoms with Gasteiger partial charge in [0, 0.05) is 12.1 Å². The van der Waals surface area contributed by atoms with Crippen molar-refractivity contribution in [2.75, 3.05) is 26.7 Å². The molecular formula is C47H89N2O3+. The van der Waals surface area contributed by atoms with Gasteiger partial charge in [0.1, 0.15) is 36.4 Å². The highest BCUT2D eigenvalue weighted by molar-refractivity contribution is 5.70. The molecule has 5 nitrogen and oxygen atoms in total. The number of unbranched alkanes of at least 4 members (excludes halogenated alkanes) is 18. The standard InChI is InChI=1S/C47H88N2O3/c1-6-10-14-15-16-17-18-19-20-21-22-23-24-25-26-27-28-39(47(50)51)36-44-42-31-29-40(48(5)33-11-7-2)37-45(42)52-46-38-41(30-32-43(44)46)49(34-12-8-3)35-13-9-4/h39-43,45-46H,6-38H2,1-5H3/p+1. The summed E-state index contributed by atoms with van der Waals surface area (Å²) in [5.41, 5.74) is 0. The van der Waals surface area contributed by atoms with Crippen LogP contribution < -0.4 is 0 Å². The third kappa shape index (κ3) is 16.5. The van der Waals surface area contributed by atoms with E-state index in [0.717, 1.165) is 32.1 Å². The Hall–Kier alpha value is -0.780. The van der Waals surface area contributed by atoms with E-state index in [1.54, 1.807) is 5.92 Å². The van der Waals surface area contributed by atoms with Gasteiger partial charge in [0.2, 0.25) is 0 Å². The molecule has 7 atom stereocenters. The number of ether oxygens (including phenoxy) is 1. The highest BCUT2D eigenvalue weighted by Gasteiger charge is 2.58. The summed E-state index contributed by atoms with van der Waals surface area (Å²) in [7, 11) is 2.32. The second-order valence-corrected chi connectivity index (χ2v) is 17.8. The van der Waals surface area contributed by atoms with Gasteiger partial charge in [-0.15, -0.1) is 0 Å². The third-order valence-electron chi connectivity index (χ3n) is 13.7. The summed E-state index contributed by atoms with van der Waals surface area (Å²) in [4.78, 5) is 18.2. The van der Waals surface area contributed by atoms with E-state index in [4.69, 9.17) is 4.74 Å². The van der Waals surface area contributed by atoms with Crippen molar-refractivity contribution in [3.05, 3.63) is 5.92 Å². The molecule has 1 N–H and O–H groups in total. The van der Waals surface area contributed by atoms with E-state index in [2.05, 4.69) is 44.5 Å². The van der Waals surface area contributed by atoms with E-state index in [-0.39, 0.29) is 18.1 Å². The van der Waals surface area contributed by atoms with Crippen molar-refractivity contribution in [3.8, 4) is 0 Å².